The van der Waals surface area contributed by atoms with Crippen molar-refractivity contribution in [1.82, 2.24) is 4.98 Å². The molecule has 0 spiro atoms. The van der Waals surface area contributed by atoms with Gasteiger partial charge in [-0.2, -0.15) is 0 Å². The summed E-state index contributed by atoms with van der Waals surface area (Å²) in [5.41, 5.74) is 6.32. The van der Waals surface area contributed by atoms with E-state index in [2.05, 4.69) is 4.98 Å². The molecule has 0 radical (unpaired) electrons. The molecule has 0 aliphatic rings. The van der Waals surface area contributed by atoms with Crippen LogP contribution in [-0.2, 0) is 4.74 Å². The molecule has 1 rings (SSSR count). The van der Waals surface area contributed by atoms with E-state index in [1.165, 1.54) is 24.0 Å². The maximum absolute atomic E-state index is 11.6. The van der Waals surface area contributed by atoms with Crippen LogP contribution < -0.4 is 5.73 Å². The van der Waals surface area contributed by atoms with Crippen LogP contribution in [0.5, 0.6) is 0 Å². The first-order valence-electron chi connectivity index (χ1n) is 4.85. The molecule has 1 aromatic heterocycles. The second kappa shape index (κ2) is 6.34. The van der Waals surface area contributed by atoms with Gasteiger partial charge in [-0.25, -0.2) is 9.78 Å². The number of aliphatic hydroxyl groups is 1. The van der Waals surface area contributed by atoms with Crippen LogP contribution >= 0.6 is 11.8 Å². The molecule has 0 aliphatic carbocycles. The molecular weight excluding hydrogens is 228 g/mol. The van der Waals surface area contributed by atoms with Crippen LogP contribution in [0, 0.1) is 0 Å². The second-order valence-electron chi connectivity index (χ2n) is 2.91. The molecular formula is C10H14N2O3S. The summed E-state index contributed by atoms with van der Waals surface area (Å²) in [6, 6.07) is 1.53. The number of hydrogen-bond donors (Lipinski definition) is 2. The number of pyridine rings is 1. The van der Waals surface area contributed by atoms with Crippen molar-refractivity contribution in [3.8, 4) is 0 Å². The van der Waals surface area contributed by atoms with Crippen LogP contribution in [0.1, 0.15) is 17.3 Å². The lowest BCUT2D eigenvalue weighted by molar-refractivity contribution is 0.0521. The van der Waals surface area contributed by atoms with Gasteiger partial charge in [0.05, 0.1) is 30.7 Å². The Labute approximate surface area is 98.0 Å². The minimum Gasteiger partial charge on any atom is -0.462 e. The number of nitrogens with two attached hydrogens (primary N) is 1. The highest BCUT2D eigenvalue weighted by Crippen LogP contribution is 2.22. The number of thioether (sulfide) groups is 1. The van der Waals surface area contributed by atoms with Gasteiger partial charge in [0, 0.05) is 5.75 Å². The summed E-state index contributed by atoms with van der Waals surface area (Å²) in [5, 5.41) is 9.25. The standard InChI is InChI=1S/C10H14N2O3S/c1-2-15-10(14)8-5-7(11)6-12-9(8)16-4-3-13/h5-6,13H,2-4,11H2,1H3. The fourth-order valence-corrected chi connectivity index (χ4v) is 1.79. The van der Waals surface area contributed by atoms with Gasteiger partial charge in [-0.05, 0) is 13.0 Å². The third kappa shape index (κ3) is 3.39. The minimum absolute atomic E-state index is 0.0268. The van der Waals surface area contributed by atoms with E-state index in [-0.39, 0.29) is 6.61 Å². The summed E-state index contributed by atoms with van der Waals surface area (Å²) in [7, 11) is 0. The first-order chi connectivity index (χ1) is 7.69. The normalized spacial score (nSPS) is 10.1. The summed E-state index contributed by atoms with van der Waals surface area (Å²) in [6.45, 7) is 2.06. The van der Waals surface area contributed by atoms with Crippen LogP contribution in [0.2, 0.25) is 0 Å². The minimum atomic E-state index is -0.442. The van der Waals surface area contributed by atoms with Gasteiger partial charge in [0.1, 0.15) is 5.03 Å². The lowest BCUT2D eigenvalue weighted by Gasteiger charge is -2.07. The van der Waals surface area contributed by atoms with E-state index in [0.717, 1.165) is 0 Å². The zero-order valence-electron chi connectivity index (χ0n) is 8.97. The van der Waals surface area contributed by atoms with Crippen molar-refractivity contribution in [2.45, 2.75) is 11.9 Å². The molecule has 88 valence electrons. The highest BCUT2D eigenvalue weighted by molar-refractivity contribution is 7.99. The zero-order chi connectivity index (χ0) is 12.0. The second-order valence-corrected chi connectivity index (χ2v) is 4.00. The number of rotatable bonds is 5. The van der Waals surface area contributed by atoms with E-state index in [1.54, 1.807) is 6.92 Å². The average Bonchev–Trinajstić information content (AvgIpc) is 2.27. The highest BCUT2D eigenvalue weighted by Gasteiger charge is 2.14. The van der Waals surface area contributed by atoms with E-state index in [1.807, 2.05) is 0 Å². The highest BCUT2D eigenvalue weighted by atomic mass is 32.2. The van der Waals surface area contributed by atoms with Crippen molar-refractivity contribution in [1.29, 1.82) is 0 Å². The number of carbonyl (C=O) groups excluding carboxylic acids is 1. The van der Waals surface area contributed by atoms with Gasteiger partial charge in [-0.3, -0.25) is 0 Å². The molecule has 0 amide bonds. The molecule has 0 bridgehead atoms. The summed E-state index contributed by atoms with van der Waals surface area (Å²) in [4.78, 5) is 15.6. The van der Waals surface area contributed by atoms with Crippen molar-refractivity contribution in [3.05, 3.63) is 17.8 Å². The number of esters is 1. The van der Waals surface area contributed by atoms with E-state index >= 15 is 0 Å². The average molecular weight is 242 g/mol. The maximum Gasteiger partial charge on any atom is 0.340 e. The Morgan fingerprint density at radius 3 is 3.06 bits per heavy atom. The number of ether oxygens (including phenoxy) is 1. The van der Waals surface area contributed by atoms with Gasteiger partial charge in [0.2, 0.25) is 0 Å². The SMILES string of the molecule is CCOC(=O)c1cc(N)cnc1SCCO. The van der Waals surface area contributed by atoms with Gasteiger partial charge in [0.15, 0.2) is 0 Å². The number of anilines is 1. The zero-order valence-corrected chi connectivity index (χ0v) is 9.79. The maximum atomic E-state index is 11.6. The van der Waals surface area contributed by atoms with Crippen LogP contribution in [0.3, 0.4) is 0 Å². The summed E-state index contributed by atoms with van der Waals surface area (Å²) < 4.78 is 4.89. The largest absolute Gasteiger partial charge is 0.462 e. The third-order valence-corrected chi connectivity index (χ3v) is 2.68. The third-order valence-electron chi connectivity index (χ3n) is 1.70. The van der Waals surface area contributed by atoms with Gasteiger partial charge in [-0.1, -0.05) is 0 Å². The molecule has 1 aromatic rings. The van der Waals surface area contributed by atoms with Crippen molar-refractivity contribution in [3.63, 3.8) is 0 Å². The first-order valence-corrected chi connectivity index (χ1v) is 5.84. The quantitative estimate of drug-likeness (QED) is 0.590. The number of aliphatic hydroxyl groups excluding tert-OH is 1. The van der Waals surface area contributed by atoms with E-state index in [4.69, 9.17) is 15.6 Å². The summed E-state index contributed by atoms with van der Waals surface area (Å²) >= 11 is 1.29. The topological polar surface area (TPSA) is 85.4 Å². The predicted octanol–water partition coefficient (Wildman–Crippen LogP) is 0.925. The molecule has 5 nitrogen and oxygen atoms in total. The number of hydrogen-bond acceptors (Lipinski definition) is 6. The van der Waals surface area contributed by atoms with Gasteiger partial charge < -0.3 is 15.6 Å². The van der Waals surface area contributed by atoms with E-state index in [0.29, 0.717) is 28.6 Å². The molecule has 0 saturated carbocycles. The number of carbonyl (C=O) groups is 1. The monoisotopic (exact) mass is 242 g/mol. The fraction of sp³-hybridized carbons (Fsp3) is 0.400. The Balaban J connectivity index is 2.93. The molecule has 0 fully saturated rings. The molecule has 0 aromatic carbocycles. The molecule has 0 saturated heterocycles. The fourth-order valence-electron chi connectivity index (χ4n) is 1.08. The number of nitrogen functional groups attached to an aromatic ring is 1. The Bertz CT molecular complexity index is 371. The molecule has 6 heteroatoms. The van der Waals surface area contributed by atoms with Gasteiger partial charge >= 0.3 is 5.97 Å². The summed E-state index contributed by atoms with van der Waals surface area (Å²) in [6.07, 6.45) is 1.47. The van der Waals surface area contributed by atoms with E-state index < -0.39 is 5.97 Å². The Morgan fingerprint density at radius 1 is 1.69 bits per heavy atom. The van der Waals surface area contributed by atoms with Gasteiger partial charge in [-0.15, -0.1) is 11.8 Å². The lowest BCUT2D eigenvalue weighted by atomic mass is 10.3. The molecule has 0 atom stereocenters. The Hall–Kier alpha value is -1.27. The molecule has 0 unspecified atom stereocenters. The predicted molar refractivity (Wildman–Crippen MR) is 62.4 cm³/mol. The number of aromatic nitrogens is 1. The van der Waals surface area contributed by atoms with E-state index in [9.17, 15) is 4.79 Å². The van der Waals surface area contributed by atoms with Gasteiger partial charge in [0.25, 0.3) is 0 Å². The summed E-state index contributed by atoms with van der Waals surface area (Å²) in [5.74, 6) is 0.0336. The Morgan fingerprint density at radius 2 is 2.44 bits per heavy atom. The molecule has 0 aliphatic heterocycles. The number of nitrogens with zero attached hydrogens (tertiary/aromatic N) is 1. The molecule has 16 heavy (non-hydrogen) atoms. The van der Waals surface area contributed by atoms with Crippen molar-refractivity contribution in [2.24, 2.45) is 0 Å². The molecule has 1 heterocycles. The van der Waals surface area contributed by atoms with Crippen LogP contribution in [0.15, 0.2) is 17.3 Å². The van der Waals surface area contributed by atoms with Crippen molar-refractivity contribution < 1.29 is 14.6 Å². The van der Waals surface area contributed by atoms with Crippen LogP contribution in [0.4, 0.5) is 5.69 Å². The van der Waals surface area contributed by atoms with Crippen molar-refractivity contribution in [2.75, 3.05) is 24.7 Å². The lowest BCUT2D eigenvalue weighted by Crippen LogP contribution is -2.08. The first kappa shape index (κ1) is 12.8. The van der Waals surface area contributed by atoms with Crippen LogP contribution in [-0.4, -0.2) is 35.0 Å². The Kier molecular flexibility index (Phi) is 5.07. The molecule has 3 N–H and O–H groups in total. The van der Waals surface area contributed by atoms with Crippen molar-refractivity contribution >= 4 is 23.4 Å². The smallest absolute Gasteiger partial charge is 0.340 e. The van der Waals surface area contributed by atoms with Crippen LogP contribution in [0.25, 0.3) is 0 Å².